The summed E-state index contributed by atoms with van der Waals surface area (Å²) in [5.74, 6) is 0. The molecule has 22 nitrogen and oxygen atoms in total. The molecule has 125 heavy (non-hydrogen) atoms. The number of carbonyl (C=O) groups is 3. The Bertz CT molecular complexity index is 3910. The molecular weight excluding hydrogens is 1690 g/mol. The summed E-state index contributed by atoms with van der Waals surface area (Å²) in [4.78, 5) is 53.1. The number of rotatable bonds is 26. The molecule has 684 valence electrons. The number of methoxy groups -OCH3 is 4. The van der Waals surface area contributed by atoms with Gasteiger partial charge in [-0.15, -0.1) is 0 Å². The molecule has 0 N–H and O–H groups in total. The molecule has 0 radical (unpaired) electrons. The minimum absolute atomic E-state index is 0.0713. The van der Waals surface area contributed by atoms with Crippen molar-refractivity contribution in [3.05, 3.63) is 249 Å². The average Bonchev–Trinajstić information content (AvgIpc) is 0.811. The summed E-state index contributed by atoms with van der Waals surface area (Å²) in [6.45, 7) is 34.7. The number of likely N-dealkylation sites (tertiary alicyclic amines) is 4. The Morgan fingerprint density at radius 3 is 0.856 bits per heavy atom. The summed E-state index contributed by atoms with van der Waals surface area (Å²) in [6, 6.07) is 56.5. The van der Waals surface area contributed by atoms with Crippen LogP contribution in [-0.4, -0.2) is 307 Å². The number of ether oxygens (including phenoxy) is 11. The van der Waals surface area contributed by atoms with Crippen LogP contribution < -0.4 is 0 Å². The molecule has 0 spiro atoms. The van der Waals surface area contributed by atoms with Crippen molar-refractivity contribution in [1.29, 1.82) is 0 Å². The third-order valence-corrected chi connectivity index (χ3v) is 25.9. The van der Waals surface area contributed by atoms with Crippen molar-refractivity contribution in [3.8, 4) is 0 Å². The zero-order chi connectivity index (χ0) is 89.2. The van der Waals surface area contributed by atoms with Crippen molar-refractivity contribution < 1.29 is 66.5 Å². The van der Waals surface area contributed by atoms with E-state index in [9.17, 15) is 14.4 Å². The van der Waals surface area contributed by atoms with E-state index in [-0.39, 0.29) is 105 Å². The summed E-state index contributed by atoms with van der Waals surface area (Å²) in [7, 11) is 7.16. The summed E-state index contributed by atoms with van der Waals surface area (Å²) in [5, 5.41) is 3.06. The molecule has 8 saturated heterocycles. The zero-order valence-corrected chi connectivity index (χ0v) is 78.1. The molecule has 8 aliphatic heterocycles. The van der Waals surface area contributed by atoms with Gasteiger partial charge in [0.1, 0.15) is 19.8 Å². The summed E-state index contributed by atoms with van der Waals surface area (Å²) in [6.07, 6.45) is 12.8. The molecule has 16 atom stereocenters. The number of morpholine rings is 4. The van der Waals surface area contributed by atoms with Gasteiger partial charge in [0.15, 0.2) is 0 Å². The Morgan fingerprint density at radius 1 is 0.352 bits per heavy atom. The Kier molecular flexibility index (Phi) is 42.6. The topological polar surface area (TPSA) is 179 Å². The Morgan fingerprint density at radius 2 is 0.608 bits per heavy atom. The minimum atomic E-state index is -0.792. The molecule has 0 aliphatic carbocycles. The van der Waals surface area contributed by atoms with Crippen molar-refractivity contribution in [2.75, 3.05) is 153 Å². The fraction of sp³-hybridized carbons (Fsp3) is 0.541. The highest BCUT2D eigenvalue weighted by molar-refractivity contribution is 6.61. The zero-order valence-electron chi connectivity index (χ0n) is 74.3. The van der Waals surface area contributed by atoms with E-state index >= 15 is 0 Å². The van der Waals surface area contributed by atoms with E-state index in [4.69, 9.17) is 105 Å². The predicted octanol–water partition coefficient (Wildman–Crippen LogP) is 16.8. The van der Waals surface area contributed by atoms with Crippen LogP contribution in [0.3, 0.4) is 0 Å². The van der Waals surface area contributed by atoms with E-state index in [0.717, 1.165) is 150 Å². The second-order valence-electron chi connectivity index (χ2n) is 33.7. The van der Waals surface area contributed by atoms with Gasteiger partial charge in [-0.2, -0.15) is 0 Å². The summed E-state index contributed by atoms with van der Waals surface area (Å²) < 4.78 is 62.4. The largest absolute Gasteiger partial charge is 0.449 e. The van der Waals surface area contributed by atoms with Gasteiger partial charge in [0, 0.05) is 187 Å². The third kappa shape index (κ3) is 31.9. The van der Waals surface area contributed by atoms with Crippen molar-refractivity contribution in [2.45, 2.75) is 189 Å². The SMILES string of the molecule is C=CCOC(=O)Cl.C=CCOC(=O)N1CCC(N2C[C@H](C)OCC2Cc2ccc(Cl)cc2)[C@@H](OC)C1.C=CCOC(=O)N1CCC(N2C[C@H](C)OCC2Cc2ccc(Cl)cc2)[C@H](OC)C1.CO[C@@H]1CN(Cc2ccccc2)CCC1N1C[C@H](C)OCC1Cc1ccc(Cl)cc1.CO[C@H]1CN(Cc2ccccc2)CCC1N1C[C@H](C)OCC1Cc1ccc(Cl)cc1. The lowest BCUT2D eigenvalue weighted by molar-refractivity contribution is -0.115. The van der Waals surface area contributed by atoms with E-state index < -0.39 is 5.43 Å². The van der Waals surface area contributed by atoms with Gasteiger partial charge >= 0.3 is 17.6 Å². The van der Waals surface area contributed by atoms with Crippen molar-refractivity contribution >= 4 is 75.6 Å². The van der Waals surface area contributed by atoms with Gasteiger partial charge in [0.25, 0.3) is 0 Å². The van der Waals surface area contributed by atoms with Crippen LogP contribution in [0.4, 0.5) is 14.4 Å². The Balaban J connectivity index is 0.000000169. The lowest BCUT2D eigenvalue weighted by atomic mass is 9.94. The monoisotopic (exact) mass is 1820 g/mol. The standard InChI is InChI=1S/2C25H33ClN2O2.2C22H31ClN2O4.C4H5ClO2/c2*1-19-15-28(23(18-30-19)14-20-8-10-22(26)11-9-20)24-12-13-27(17-25(24)29-2)16-21-6-4-3-5-7-21;2*1-4-11-28-22(26)24-10-9-20(21(14-24)27-3)25-13-16(2)29-15-19(25)12-17-5-7-18(23)8-6-17;1-2-3-7-4(5)6/h2*3-11,19,23-25H,12-18H2,1-2H3;2*4-8,16,19-21H,1,9-15H2,2-3H3;2H,1,3H2/t19-,23?,24?,25+;19-,23?,24?,25-;16-,19?,20?,21+;16-,19?,20?,21-;/m0000./s1. The van der Waals surface area contributed by atoms with Crippen molar-refractivity contribution in [1.82, 2.24) is 39.2 Å². The smallest absolute Gasteiger partial charge is 0.410 e. The number of piperidine rings is 4. The van der Waals surface area contributed by atoms with E-state index in [2.05, 4.69) is 191 Å². The van der Waals surface area contributed by atoms with E-state index in [1.807, 2.05) is 62.8 Å². The van der Waals surface area contributed by atoms with Gasteiger partial charge in [-0.25, -0.2) is 14.4 Å². The molecule has 0 bridgehead atoms. The minimum Gasteiger partial charge on any atom is -0.449 e. The van der Waals surface area contributed by atoms with Gasteiger partial charge in [-0.1, -0.05) is 194 Å². The first-order valence-electron chi connectivity index (χ1n) is 44.1. The maximum Gasteiger partial charge on any atom is 0.410 e. The van der Waals surface area contributed by atoms with Crippen LogP contribution in [0, 0.1) is 0 Å². The van der Waals surface area contributed by atoms with Crippen LogP contribution in [-0.2, 0) is 90.9 Å². The number of amides is 2. The normalized spacial score (nSPS) is 27.2. The lowest BCUT2D eigenvalue weighted by Gasteiger charge is -2.49. The molecule has 8 aliphatic rings. The van der Waals surface area contributed by atoms with E-state index in [1.54, 1.807) is 36.2 Å². The lowest BCUT2D eigenvalue weighted by Crippen LogP contribution is -2.62. The number of benzene rings is 6. The summed E-state index contributed by atoms with van der Waals surface area (Å²) >= 11 is 29.0. The fourth-order valence-electron chi connectivity index (χ4n) is 18.4. The number of hydrogen-bond acceptors (Lipinski definition) is 20. The molecule has 0 saturated carbocycles. The fourth-order valence-corrected chi connectivity index (χ4v) is 19.0. The molecule has 6 aromatic carbocycles. The molecular formula is C98H133Cl5N8O14. The van der Waals surface area contributed by atoms with Crippen LogP contribution in [0.2, 0.25) is 20.1 Å². The van der Waals surface area contributed by atoms with Gasteiger partial charge in [-0.05, 0) is 161 Å². The Hall–Kier alpha value is -6.56. The quantitative estimate of drug-likeness (QED) is 0.0284. The molecule has 8 fully saturated rings. The van der Waals surface area contributed by atoms with Gasteiger partial charge in [-0.3, -0.25) is 29.4 Å². The molecule has 14 rings (SSSR count). The average molecular weight is 1820 g/mol. The highest BCUT2D eigenvalue weighted by Gasteiger charge is 2.45. The maximum atomic E-state index is 12.2. The molecule has 8 unspecified atom stereocenters. The van der Waals surface area contributed by atoms with Gasteiger partial charge in [0.2, 0.25) is 0 Å². The predicted molar refractivity (Wildman–Crippen MR) is 498 cm³/mol. The number of hydrogen-bond donors (Lipinski definition) is 0. The van der Waals surface area contributed by atoms with Crippen LogP contribution in [0.1, 0.15) is 86.8 Å². The second-order valence-corrected chi connectivity index (χ2v) is 35.8. The Labute approximate surface area is 768 Å². The number of halogens is 5. The highest BCUT2D eigenvalue weighted by Crippen LogP contribution is 2.34. The van der Waals surface area contributed by atoms with Crippen molar-refractivity contribution in [2.24, 2.45) is 0 Å². The summed E-state index contributed by atoms with van der Waals surface area (Å²) in [5.41, 5.74) is 7.03. The van der Waals surface area contributed by atoms with Crippen LogP contribution >= 0.6 is 58.0 Å². The first-order chi connectivity index (χ1) is 60.5. The second kappa shape index (κ2) is 52.9. The number of carbonyl (C=O) groups excluding carboxylic acids is 3. The van der Waals surface area contributed by atoms with Crippen LogP contribution in [0.5, 0.6) is 0 Å². The maximum absolute atomic E-state index is 12.2. The molecule has 2 amide bonds. The van der Waals surface area contributed by atoms with E-state index in [0.29, 0.717) is 63.6 Å². The van der Waals surface area contributed by atoms with Gasteiger partial charge < -0.3 is 61.9 Å². The van der Waals surface area contributed by atoms with E-state index in [1.165, 1.54) is 39.5 Å². The van der Waals surface area contributed by atoms with Crippen LogP contribution in [0.15, 0.2) is 196 Å². The number of nitrogens with zero attached hydrogens (tertiary/aromatic N) is 8. The molecule has 6 aromatic rings. The third-order valence-electron chi connectivity index (χ3n) is 24.7. The van der Waals surface area contributed by atoms with Gasteiger partial charge in [0.05, 0.1) is 88.3 Å². The molecule has 0 aromatic heterocycles. The first-order valence-corrected chi connectivity index (χ1v) is 46.0. The first kappa shape index (κ1) is 101. The van der Waals surface area contributed by atoms with Crippen molar-refractivity contribution in [3.63, 3.8) is 0 Å². The molecule has 8 heterocycles. The molecule has 27 heteroatoms. The highest BCUT2D eigenvalue weighted by atomic mass is 35.5. The van der Waals surface area contributed by atoms with Crippen LogP contribution in [0.25, 0.3) is 0 Å².